The molecule has 0 radical (unpaired) electrons. The average Bonchev–Trinajstić information content (AvgIpc) is 2.95. The van der Waals surface area contributed by atoms with Crippen LogP contribution in [0.4, 0.5) is 4.39 Å². The van der Waals surface area contributed by atoms with Crippen LogP contribution in [0.2, 0.25) is 5.02 Å². The highest BCUT2D eigenvalue weighted by Gasteiger charge is 2.45. The van der Waals surface area contributed by atoms with Crippen LogP contribution in [0.1, 0.15) is 30.9 Å². The molecule has 0 spiro atoms. The molecule has 2 aliphatic heterocycles. The Morgan fingerprint density at radius 3 is 2.83 bits per heavy atom. The van der Waals surface area contributed by atoms with E-state index in [1.165, 1.54) is 6.07 Å². The number of nitrogens with two attached hydrogens (primary N) is 1. The summed E-state index contributed by atoms with van der Waals surface area (Å²) >= 11 is 5.77. The number of hydrazine groups is 1. The summed E-state index contributed by atoms with van der Waals surface area (Å²) in [6.45, 7) is 0. The summed E-state index contributed by atoms with van der Waals surface area (Å²) in [5.41, 5.74) is 3.31. The topological polar surface area (TPSA) is 47.3 Å². The van der Waals surface area contributed by atoms with E-state index in [1.54, 1.807) is 12.1 Å². The Morgan fingerprint density at radius 2 is 2.28 bits per heavy atom. The molecule has 0 saturated carbocycles. The van der Waals surface area contributed by atoms with E-state index in [2.05, 4.69) is 5.43 Å². The summed E-state index contributed by atoms with van der Waals surface area (Å²) in [5.74, 6) is 5.55. The maximum Gasteiger partial charge on any atom is 0.129 e. The van der Waals surface area contributed by atoms with Gasteiger partial charge in [0.05, 0.1) is 18.2 Å². The van der Waals surface area contributed by atoms with Gasteiger partial charge in [-0.1, -0.05) is 17.7 Å². The Hall–Kier alpha value is -0.680. The molecule has 0 aliphatic carbocycles. The van der Waals surface area contributed by atoms with Crippen LogP contribution in [-0.4, -0.2) is 12.2 Å². The first kappa shape index (κ1) is 12.4. The van der Waals surface area contributed by atoms with Crippen molar-refractivity contribution in [1.29, 1.82) is 0 Å². The minimum atomic E-state index is -0.312. The van der Waals surface area contributed by atoms with Crippen molar-refractivity contribution >= 4 is 11.6 Å². The molecule has 5 heteroatoms. The molecule has 2 fully saturated rings. The molecule has 0 aromatic heterocycles. The first-order valence-corrected chi connectivity index (χ1v) is 6.63. The summed E-state index contributed by atoms with van der Waals surface area (Å²) in [6, 6.07) is 4.51. The quantitative estimate of drug-likeness (QED) is 0.655. The zero-order valence-electron chi connectivity index (χ0n) is 9.90. The third-order valence-corrected chi connectivity index (χ3v) is 4.29. The van der Waals surface area contributed by atoms with E-state index < -0.39 is 0 Å². The highest BCUT2D eigenvalue weighted by Crippen LogP contribution is 2.44. The second-order valence-corrected chi connectivity index (χ2v) is 5.52. The number of fused-ring (bicyclic) bond motifs is 2. The number of rotatable bonds is 3. The van der Waals surface area contributed by atoms with Crippen molar-refractivity contribution in [2.45, 2.75) is 37.5 Å². The van der Waals surface area contributed by atoms with Gasteiger partial charge in [-0.15, -0.1) is 0 Å². The average molecular weight is 271 g/mol. The molecular weight excluding hydrogens is 255 g/mol. The van der Waals surface area contributed by atoms with E-state index >= 15 is 0 Å². The van der Waals surface area contributed by atoms with E-state index in [4.69, 9.17) is 22.2 Å². The SMILES string of the molecule is NNC(c1ccc(Cl)cc1F)C1CC2CCC1O2. The Bertz CT molecular complexity index is 457. The van der Waals surface area contributed by atoms with E-state index in [0.717, 1.165) is 19.3 Å². The van der Waals surface area contributed by atoms with Crippen molar-refractivity contribution < 1.29 is 9.13 Å². The zero-order valence-corrected chi connectivity index (χ0v) is 10.7. The van der Waals surface area contributed by atoms with Gasteiger partial charge in [0, 0.05) is 16.5 Å². The fourth-order valence-electron chi connectivity index (χ4n) is 3.23. The molecule has 0 amide bonds. The van der Waals surface area contributed by atoms with Crippen LogP contribution in [0.25, 0.3) is 0 Å². The lowest BCUT2D eigenvalue weighted by Crippen LogP contribution is -2.38. The second kappa shape index (κ2) is 4.78. The molecule has 1 aromatic carbocycles. The fraction of sp³-hybridized carbons (Fsp3) is 0.538. The zero-order chi connectivity index (χ0) is 12.7. The molecule has 98 valence electrons. The predicted octanol–water partition coefficient (Wildman–Crippen LogP) is 2.55. The molecule has 4 unspecified atom stereocenters. The molecule has 3 N–H and O–H groups in total. The van der Waals surface area contributed by atoms with E-state index in [0.29, 0.717) is 16.7 Å². The first-order chi connectivity index (χ1) is 8.69. The number of halogens is 2. The molecule has 2 heterocycles. The smallest absolute Gasteiger partial charge is 0.129 e. The number of hydrogen-bond acceptors (Lipinski definition) is 3. The molecule has 4 atom stereocenters. The highest BCUT2D eigenvalue weighted by molar-refractivity contribution is 6.30. The van der Waals surface area contributed by atoms with Gasteiger partial charge in [-0.05, 0) is 31.4 Å². The van der Waals surface area contributed by atoms with Gasteiger partial charge in [0.1, 0.15) is 5.82 Å². The van der Waals surface area contributed by atoms with Crippen molar-refractivity contribution in [2.24, 2.45) is 11.8 Å². The van der Waals surface area contributed by atoms with E-state index in [-0.39, 0.29) is 23.9 Å². The van der Waals surface area contributed by atoms with Gasteiger partial charge in [0.15, 0.2) is 0 Å². The fourth-order valence-corrected chi connectivity index (χ4v) is 3.38. The van der Waals surface area contributed by atoms with Crippen LogP contribution in [0.15, 0.2) is 18.2 Å². The first-order valence-electron chi connectivity index (χ1n) is 6.25. The van der Waals surface area contributed by atoms with Crippen LogP contribution in [0.5, 0.6) is 0 Å². The molecule has 18 heavy (non-hydrogen) atoms. The maximum atomic E-state index is 14.0. The largest absolute Gasteiger partial charge is 0.375 e. The van der Waals surface area contributed by atoms with E-state index in [9.17, 15) is 4.39 Å². The lowest BCUT2D eigenvalue weighted by Gasteiger charge is -2.28. The third-order valence-electron chi connectivity index (χ3n) is 4.06. The van der Waals surface area contributed by atoms with Crippen molar-refractivity contribution in [3.63, 3.8) is 0 Å². The van der Waals surface area contributed by atoms with Gasteiger partial charge in [0.2, 0.25) is 0 Å². The third kappa shape index (κ3) is 2.03. The Balaban J connectivity index is 1.88. The molecule has 3 rings (SSSR count). The highest BCUT2D eigenvalue weighted by atomic mass is 35.5. The number of benzene rings is 1. The van der Waals surface area contributed by atoms with Crippen molar-refractivity contribution in [3.8, 4) is 0 Å². The van der Waals surface area contributed by atoms with Crippen LogP contribution < -0.4 is 11.3 Å². The molecule has 2 bridgehead atoms. The molecule has 2 aliphatic rings. The Kier molecular flexibility index (Phi) is 3.28. The van der Waals surface area contributed by atoms with Crippen LogP contribution in [0.3, 0.4) is 0 Å². The molecular formula is C13H16ClFN2O. The van der Waals surface area contributed by atoms with Crippen molar-refractivity contribution in [2.75, 3.05) is 0 Å². The van der Waals surface area contributed by atoms with E-state index in [1.807, 2.05) is 0 Å². The molecule has 3 nitrogen and oxygen atoms in total. The number of hydrogen-bond donors (Lipinski definition) is 2. The lowest BCUT2D eigenvalue weighted by molar-refractivity contribution is 0.0854. The van der Waals surface area contributed by atoms with Gasteiger partial charge in [0.25, 0.3) is 0 Å². The minimum Gasteiger partial charge on any atom is -0.375 e. The maximum absolute atomic E-state index is 14.0. The van der Waals surface area contributed by atoms with Crippen molar-refractivity contribution in [1.82, 2.24) is 5.43 Å². The minimum absolute atomic E-state index is 0.200. The van der Waals surface area contributed by atoms with Crippen molar-refractivity contribution in [3.05, 3.63) is 34.6 Å². The summed E-state index contributed by atoms with van der Waals surface area (Å²) in [6.07, 6.45) is 3.63. The lowest BCUT2D eigenvalue weighted by atomic mass is 9.81. The van der Waals surface area contributed by atoms with Gasteiger partial charge in [-0.3, -0.25) is 11.3 Å². The summed E-state index contributed by atoms with van der Waals surface area (Å²) < 4.78 is 19.8. The predicted molar refractivity (Wildman–Crippen MR) is 67.5 cm³/mol. The molecule has 2 saturated heterocycles. The van der Waals surface area contributed by atoms with Gasteiger partial charge in [-0.25, -0.2) is 4.39 Å². The monoisotopic (exact) mass is 270 g/mol. The Labute approximate surface area is 110 Å². The Morgan fingerprint density at radius 1 is 1.44 bits per heavy atom. The molecule has 1 aromatic rings. The van der Waals surface area contributed by atoms with Crippen LogP contribution in [-0.2, 0) is 4.74 Å². The summed E-state index contributed by atoms with van der Waals surface area (Å²) in [5, 5.41) is 0.399. The van der Waals surface area contributed by atoms with Gasteiger partial charge in [-0.2, -0.15) is 0 Å². The van der Waals surface area contributed by atoms with Gasteiger partial charge < -0.3 is 4.74 Å². The standard InChI is InChI=1S/C13H16ClFN2O/c14-7-1-3-9(11(15)5-7)13(17-16)10-6-8-2-4-12(10)18-8/h1,3,5,8,10,12-13,17H,2,4,6,16H2. The second-order valence-electron chi connectivity index (χ2n) is 5.08. The van der Waals surface area contributed by atoms with Gasteiger partial charge >= 0.3 is 0 Å². The normalized spacial score (nSPS) is 31.8. The number of nitrogens with one attached hydrogen (secondary N) is 1. The van der Waals surface area contributed by atoms with Crippen LogP contribution in [0, 0.1) is 11.7 Å². The summed E-state index contributed by atoms with van der Waals surface area (Å²) in [7, 11) is 0. The summed E-state index contributed by atoms with van der Waals surface area (Å²) in [4.78, 5) is 0. The number of ether oxygens (including phenoxy) is 1. The van der Waals surface area contributed by atoms with Crippen LogP contribution >= 0.6 is 11.6 Å².